The number of hydrogen-bond acceptors (Lipinski definition) is 2. The van der Waals surface area contributed by atoms with Gasteiger partial charge in [-0.05, 0) is 36.9 Å². The van der Waals surface area contributed by atoms with Gasteiger partial charge in [-0.2, -0.15) is 0 Å². The van der Waals surface area contributed by atoms with Crippen LogP contribution in [0.4, 0.5) is 0 Å². The number of aliphatic hydroxyl groups excluding tert-OH is 1. The molecule has 1 saturated heterocycles. The van der Waals surface area contributed by atoms with E-state index < -0.39 is 0 Å². The third-order valence-corrected chi connectivity index (χ3v) is 3.71. The van der Waals surface area contributed by atoms with E-state index in [-0.39, 0.29) is 12.1 Å². The molecule has 0 amide bonds. The van der Waals surface area contributed by atoms with Gasteiger partial charge in [-0.15, -0.1) is 0 Å². The van der Waals surface area contributed by atoms with Crippen molar-refractivity contribution in [2.75, 3.05) is 6.54 Å². The molecule has 0 bridgehead atoms. The van der Waals surface area contributed by atoms with Crippen LogP contribution in [0.5, 0.6) is 0 Å². The van der Waals surface area contributed by atoms with Crippen molar-refractivity contribution >= 4 is 0 Å². The first-order valence-electron chi connectivity index (χ1n) is 6.81. The third kappa shape index (κ3) is 3.30. The molecule has 2 N–H and O–H groups in total. The molecule has 2 atom stereocenters. The Kier molecular flexibility index (Phi) is 4.57. The van der Waals surface area contributed by atoms with Crippen molar-refractivity contribution in [1.82, 2.24) is 5.32 Å². The fourth-order valence-electron chi connectivity index (χ4n) is 2.51. The summed E-state index contributed by atoms with van der Waals surface area (Å²) in [5.41, 5.74) is 2.37. The lowest BCUT2D eigenvalue weighted by molar-refractivity contribution is 0.126. The van der Waals surface area contributed by atoms with E-state index in [1.165, 1.54) is 24.8 Å². The molecule has 0 saturated carbocycles. The van der Waals surface area contributed by atoms with Crippen LogP contribution in [0, 0.1) is 0 Å². The average molecular weight is 233 g/mol. The molecule has 1 heterocycles. The van der Waals surface area contributed by atoms with E-state index >= 15 is 0 Å². The van der Waals surface area contributed by atoms with Gasteiger partial charge in [0.05, 0.1) is 6.10 Å². The minimum Gasteiger partial charge on any atom is -0.387 e. The first kappa shape index (κ1) is 12.6. The Morgan fingerprint density at radius 1 is 1.24 bits per heavy atom. The van der Waals surface area contributed by atoms with Gasteiger partial charge < -0.3 is 10.4 Å². The van der Waals surface area contributed by atoms with Crippen LogP contribution in [-0.4, -0.2) is 17.7 Å². The van der Waals surface area contributed by atoms with Gasteiger partial charge in [0, 0.05) is 6.04 Å². The molecule has 2 heteroatoms. The molecule has 2 unspecified atom stereocenters. The van der Waals surface area contributed by atoms with Crippen LogP contribution in [0.2, 0.25) is 0 Å². The van der Waals surface area contributed by atoms with E-state index in [1.807, 2.05) is 0 Å². The van der Waals surface area contributed by atoms with Crippen LogP contribution in [0.15, 0.2) is 24.3 Å². The third-order valence-electron chi connectivity index (χ3n) is 3.71. The van der Waals surface area contributed by atoms with Gasteiger partial charge in [-0.25, -0.2) is 0 Å². The van der Waals surface area contributed by atoms with Crippen molar-refractivity contribution in [3.05, 3.63) is 35.4 Å². The smallest absolute Gasteiger partial charge is 0.0942 e. The topological polar surface area (TPSA) is 32.3 Å². The highest BCUT2D eigenvalue weighted by atomic mass is 16.3. The van der Waals surface area contributed by atoms with Crippen LogP contribution in [0.25, 0.3) is 0 Å². The normalized spacial score (nSPS) is 23.1. The summed E-state index contributed by atoms with van der Waals surface area (Å²) in [5, 5.41) is 13.8. The molecule has 1 aromatic rings. The molecule has 2 rings (SSSR count). The van der Waals surface area contributed by atoms with Crippen LogP contribution in [-0.2, 0) is 6.42 Å². The fourth-order valence-corrected chi connectivity index (χ4v) is 2.51. The van der Waals surface area contributed by atoms with E-state index in [1.54, 1.807) is 0 Å². The molecule has 1 aliphatic heterocycles. The summed E-state index contributed by atoms with van der Waals surface area (Å²) in [7, 11) is 0. The van der Waals surface area contributed by atoms with Crippen LogP contribution < -0.4 is 5.32 Å². The molecule has 0 radical (unpaired) electrons. The number of aryl methyl sites for hydroxylation is 1. The summed E-state index contributed by atoms with van der Waals surface area (Å²) in [4.78, 5) is 0. The number of benzene rings is 1. The molecule has 2 nitrogen and oxygen atoms in total. The highest BCUT2D eigenvalue weighted by Gasteiger charge is 2.21. The zero-order chi connectivity index (χ0) is 12.1. The molecular formula is C15H23NO. The van der Waals surface area contributed by atoms with Gasteiger partial charge >= 0.3 is 0 Å². The number of hydrogen-bond donors (Lipinski definition) is 2. The molecule has 1 fully saturated rings. The lowest BCUT2D eigenvalue weighted by Gasteiger charge is -2.22. The molecule has 1 aliphatic rings. The largest absolute Gasteiger partial charge is 0.387 e. The number of nitrogens with one attached hydrogen (secondary N) is 1. The van der Waals surface area contributed by atoms with Crippen molar-refractivity contribution in [3.8, 4) is 0 Å². The second-order valence-electron chi connectivity index (χ2n) is 4.95. The Morgan fingerprint density at radius 2 is 2.00 bits per heavy atom. The fraction of sp³-hybridized carbons (Fsp3) is 0.600. The van der Waals surface area contributed by atoms with E-state index in [0.717, 1.165) is 24.9 Å². The van der Waals surface area contributed by atoms with Gasteiger partial charge in [0.15, 0.2) is 0 Å². The minimum atomic E-state index is -0.362. The molecular weight excluding hydrogens is 210 g/mol. The molecule has 94 valence electrons. The zero-order valence-electron chi connectivity index (χ0n) is 10.7. The standard InChI is InChI=1S/C15H23NO/c1-2-12-7-9-13(10-8-12)15(17)14-6-4-3-5-11-16-14/h7-10,14-17H,2-6,11H2,1H3. The lowest BCUT2D eigenvalue weighted by Crippen LogP contribution is -2.34. The van der Waals surface area contributed by atoms with Crippen LogP contribution in [0.1, 0.15) is 49.8 Å². The summed E-state index contributed by atoms with van der Waals surface area (Å²) in [6, 6.07) is 8.60. The van der Waals surface area contributed by atoms with Crippen molar-refractivity contribution in [3.63, 3.8) is 0 Å². The summed E-state index contributed by atoms with van der Waals surface area (Å²) in [6.07, 6.45) is 5.51. The molecule has 0 aliphatic carbocycles. The van der Waals surface area contributed by atoms with E-state index in [4.69, 9.17) is 0 Å². The first-order valence-corrected chi connectivity index (χ1v) is 6.81. The van der Waals surface area contributed by atoms with Gasteiger partial charge in [-0.3, -0.25) is 0 Å². The predicted molar refractivity (Wildman–Crippen MR) is 71.0 cm³/mol. The molecule has 0 aromatic heterocycles. The SMILES string of the molecule is CCc1ccc(C(O)C2CCCCCN2)cc1. The van der Waals surface area contributed by atoms with Gasteiger partial charge in [0.1, 0.15) is 0 Å². The average Bonchev–Trinajstić information content (AvgIpc) is 2.67. The minimum absolute atomic E-state index is 0.227. The highest BCUT2D eigenvalue weighted by Crippen LogP contribution is 2.23. The van der Waals surface area contributed by atoms with Crippen molar-refractivity contribution in [2.45, 2.75) is 51.2 Å². The maximum atomic E-state index is 10.4. The van der Waals surface area contributed by atoms with Crippen molar-refractivity contribution in [2.24, 2.45) is 0 Å². The maximum Gasteiger partial charge on any atom is 0.0942 e. The monoisotopic (exact) mass is 233 g/mol. The van der Waals surface area contributed by atoms with Crippen LogP contribution >= 0.6 is 0 Å². The Balaban J connectivity index is 2.03. The van der Waals surface area contributed by atoms with Gasteiger partial charge in [0.2, 0.25) is 0 Å². The number of rotatable bonds is 3. The summed E-state index contributed by atoms with van der Waals surface area (Å²) in [5.74, 6) is 0. The highest BCUT2D eigenvalue weighted by molar-refractivity contribution is 5.25. The Bertz CT molecular complexity index is 325. The van der Waals surface area contributed by atoms with Gasteiger partial charge in [0.25, 0.3) is 0 Å². The Morgan fingerprint density at radius 3 is 2.71 bits per heavy atom. The van der Waals surface area contributed by atoms with Crippen LogP contribution in [0.3, 0.4) is 0 Å². The molecule has 17 heavy (non-hydrogen) atoms. The second kappa shape index (κ2) is 6.18. The van der Waals surface area contributed by atoms with Gasteiger partial charge in [-0.1, -0.05) is 44.0 Å². The lowest BCUT2D eigenvalue weighted by atomic mass is 9.97. The van der Waals surface area contributed by atoms with Crippen molar-refractivity contribution < 1.29 is 5.11 Å². The Labute approximate surface area is 104 Å². The van der Waals surface area contributed by atoms with E-state index in [0.29, 0.717) is 0 Å². The summed E-state index contributed by atoms with van der Waals surface area (Å²) in [6.45, 7) is 3.19. The maximum absolute atomic E-state index is 10.4. The quantitative estimate of drug-likeness (QED) is 0.841. The zero-order valence-corrected chi connectivity index (χ0v) is 10.7. The molecule has 1 aromatic carbocycles. The van der Waals surface area contributed by atoms with Crippen molar-refractivity contribution in [1.29, 1.82) is 0 Å². The molecule has 0 spiro atoms. The second-order valence-corrected chi connectivity index (χ2v) is 4.95. The summed E-state index contributed by atoms with van der Waals surface area (Å²) < 4.78 is 0. The predicted octanol–water partition coefficient (Wildman–Crippen LogP) is 2.81. The summed E-state index contributed by atoms with van der Waals surface area (Å²) >= 11 is 0. The number of aliphatic hydroxyl groups is 1. The first-order chi connectivity index (χ1) is 8.31. The van der Waals surface area contributed by atoms with E-state index in [2.05, 4.69) is 36.5 Å². The van der Waals surface area contributed by atoms with E-state index in [9.17, 15) is 5.11 Å². The Hall–Kier alpha value is -0.860.